The summed E-state index contributed by atoms with van der Waals surface area (Å²) in [7, 11) is -1.41. The molecule has 0 bridgehead atoms. The van der Waals surface area contributed by atoms with E-state index in [9.17, 15) is 4.79 Å². The molecule has 4 rings (SSSR count). The van der Waals surface area contributed by atoms with Crippen LogP contribution >= 0.6 is 0 Å². The molecule has 1 amide bonds. The van der Waals surface area contributed by atoms with E-state index >= 15 is 0 Å². The van der Waals surface area contributed by atoms with E-state index < -0.39 is 8.07 Å². The molecule has 3 aromatic rings. The van der Waals surface area contributed by atoms with Crippen molar-refractivity contribution in [2.24, 2.45) is 0 Å². The summed E-state index contributed by atoms with van der Waals surface area (Å²) in [6, 6.07) is 27.2. The second kappa shape index (κ2) is 6.82. The number of carbonyl (C=O) groups is 1. The zero-order valence-electron chi connectivity index (χ0n) is 16.1. The lowest BCUT2D eigenvalue weighted by molar-refractivity contribution is -0.117. The monoisotopic (exact) mass is 371 g/mol. The predicted octanol–water partition coefficient (Wildman–Crippen LogP) is 4.91. The molecule has 0 atom stereocenters. The quantitative estimate of drug-likeness (QED) is 0.597. The van der Waals surface area contributed by atoms with E-state index in [4.69, 9.17) is 0 Å². The Balaban J connectivity index is 1.84. The van der Waals surface area contributed by atoms with E-state index in [2.05, 4.69) is 62.1 Å². The second-order valence-corrected chi connectivity index (χ2v) is 13.3. The van der Waals surface area contributed by atoms with Crippen LogP contribution < -0.4 is 10.1 Å². The van der Waals surface area contributed by atoms with Gasteiger partial charge in [-0.1, -0.05) is 97.6 Å². The van der Waals surface area contributed by atoms with Crippen molar-refractivity contribution >= 4 is 24.9 Å². The first kappa shape index (κ1) is 17.7. The van der Waals surface area contributed by atoms with Crippen molar-refractivity contribution in [1.82, 2.24) is 0 Å². The maximum Gasteiger partial charge on any atom is 0.232 e. The minimum absolute atomic E-state index is 0.0983. The van der Waals surface area contributed by atoms with Crippen LogP contribution in [0.5, 0.6) is 0 Å². The van der Waals surface area contributed by atoms with Gasteiger partial charge in [0.1, 0.15) is 0 Å². The molecule has 0 radical (unpaired) electrons. The van der Waals surface area contributed by atoms with Gasteiger partial charge in [-0.25, -0.2) is 0 Å². The van der Waals surface area contributed by atoms with Gasteiger partial charge in [-0.05, 0) is 22.8 Å². The SMILES string of the molecule is C[Si](C)(C)c1ccc2c(c1)CC(=O)N2C(c1ccccc1)c1ccccc1. The van der Waals surface area contributed by atoms with Crippen LogP contribution in [0.1, 0.15) is 22.7 Å². The third-order valence-electron chi connectivity index (χ3n) is 5.30. The molecule has 0 aromatic heterocycles. The van der Waals surface area contributed by atoms with Crippen molar-refractivity contribution in [2.45, 2.75) is 32.1 Å². The standard InChI is InChI=1S/C24H25NOSi/c1-27(2,3)21-14-15-22-20(16-21)17-23(26)25(22)24(18-10-6-4-7-11-18)19-12-8-5-9-13-19/h4-16,24H,17H2,1-3H3. The summed E-state index contributed by atoms with van der Waals surface area (Å²) in [4.78, 5) is 15.1. The molecular formula is C24H25NOSi. The van der Waals surface area contributed by atoms with Crippen molar-refractivity contribution in [1.29, 1.82) is 0 Å². The number of anilines is 1. The molecule has 0 saturated carbocycles. The van der Waals surface area contributed by atoms with Crippen molar-refractivity contribution in [3.63, 3.8) is 0 Å². The average Bonchev–Trinajstić information content (AvgIpc) is 2.98. The molecule has 1 aliphatic heterocycles. The number of amides is 1. The van der Waals surface area contributed by atoms with Crippen molar-refractivity contribution in [3.8, 4) is 0 Å². The molecule has 3 aromatic carbocycles. The van der Waals surface area contributed by atoms with Crippen molar-refractivity contribution in [2.75, 3.05) is 4.90 Å². The van der Waals surface area contributed by atoms with Gasteiger partial charge in [0, 0.05) is 5.69 Å². The van der Waals surface area contributed by atoms with Gasteiger partial charge >= 0.3 is 0 Å². The Kier molecular flexibility index (Phi) is 4.48. The molecule has 0 aliphatic carbocycles. The highest BCUT2D eigenvalue weighted by atomic mass is 28.3. The molecule has 1 heterocycles. The number of rotatable bonds is 4. The molecule has 0 unspecified atom stereocenters. The normalized spacial score (nSPS) is 13.9. The molecule has 136 valence electrons. The number of benzene rings is 3. The summed E-state index contributed by atoms with van der Waals surface area (Å²) in [5.74, 6) is 0.176. The fourth-order valence-corrected chi connectivity index (χ4v) is 5.05. The van der Waals surface area contributed by atoms with Crippen LogP contribution in [-0.2, 0) is 11.2 Å². The largest absolute Gasteiger partial charge is 0.300 e. The lowest BCUT2D eigenvalue weighted by atomic mass is 9.97. The van der Waals surface area contributed by atoms with Gasteiger partial charge in [0.25, 0.3) is 0 Å². The second-order valence-electron chi connectivity index (χ2n) is 8.26. The Morgan fingerprint density at radius 3 is 1.89 bits per heavy atom. The summed E-state index contributed by atoms with van der Waals surface area (Å²) in [6.07, 6.45) is 0.490. The van der Waals surface area contributed by atoms with Crippen LogP contribution in [0.3, 0.4) is 0 Å². The lowest BCUT2D eigenvalue weighted by Gasteiger charge is -2.30. The zero-order chi connectivity index (χ0) is 19.0. The topological polar surface area (TPSA) is 20.3 Å². The van der Waals surface area contributed by atoms with Crippen LogP contribution in [-0.4, -0.2) is 14.0 Å². The van der Waals surface area contributed by atoms with E-state index in [1.165, 1.54) is 5.19 Å². The third-order valence-corrected chi connectivity index (χ3v) is 7.35. The molecule has 0 N–H and O–H groups in total. The number of hydrogen-bond acceptors (Lipinski definition) is 1. The van der Waals surface area contributed by atoms with Gasteiger partial charge in [-0.3, -0.25) is 4.79 Å². The number of hydrogen-bond donors (Lipinski definition) is 0. The highest BCUT2D eigenvalue weighted by Gasteiger charge is 2.35. The minimum atomic E-state index is -1.41. The maximum atomic E-state index is 13.1. The van der Waals surface area contributed by atoms with Gasteiger partial charge in [0.2, 0.25) is 5.91 Å². The molecule has 3 heteroatoms. The van der Waals surface area contributed by atoms with Gasteiger partial charge in [-0.2, -0.15) is 0 Å². The maximum absolute atomic E-state index is 13.1. The molecule has 2 nitrogen and oxygen atoms in total. The summed E-state index contributed by atoms with van der Waals surface area (Å²) in [5.41, 5.74) is 4.50. The summed E-state index contributed by atoms with van der Waals surface area (Å²) >= 11 is 0. The molecule has 0 saturated heterocycles. The van der Waals surface area contributed by atoms with E-state index in [0.29, 0.717) is 6.42 Å². The minimum Gasteiger partial charge on any atom is -0.300 e. The Hall–Kier alpha value is -2.65. The third kappa shape index (κ3) is 3.35. The van der Waals surface area contributed by atoms with Gasteiger partial charge in [0.15, 0.2) is 0 Å². The first-order valence-corrected chi connectivity index (χ1v) is 13.0. The van der Waals surface area contributed by atoms with Crippen molar-refractivity contribution in [3.05, 3.63) is 95.6 Å². The van der Waals surface area contributed by atoms with Crippen LogP contribution in [0.25, 0.3) is 0 Å². The van der Waals surface area contributed by atoms with Crippen LogP contribution in [0.4, 0.5) is 5.69 Å². The fourth-order valence-electron chi connectivity index (χ4n) is 3.86. The fraction of sp³-hybridized carbons (Fsp3) is 0.208. The Morgan fingerprint density at radius 2 is 1.37 bits per heavy atom. The van der Waals surface area contributed by atoms with E-state index in [-0.39, 0.29) is 11.9 Å². The first-order valence-electron chi connectivity index (χ1n) is 9.50. The van der Waals surface area contributed by atoms with E-state index in [1.54, 1.807) is 0 Å². The number of nitrogens with zero attached hydrogens (tertiary/aromatic N) is 1. The first-order chi connectivity index (χ1) is 12.9. The van der Waals surface area contributed by atoms with Crippen LogP contribution in [0, 0.1) is 0 Å². The predicted molar refractivity (Wildman–Crippen MR) is 115 cm³/mol. The molecule has 1 aliphatic rings. The average molecular weight is 372 g/mol. The smallest absolute Gasteiger partial charge is 0.232 e. The molecule has 0 fully saturated rings. The summed E-state index contributed by atoms with van der Waals surface area (Å²) in [6.45, 7) is 7.04. The van der Waals surface area contributed by atoms with Gasteiger partial charge in [0.05, 0.1) is 20.5 Å². The number of carbonyl (C=O) groups excluding carboxylic acids is 1. The highest BCUT2D eigenvalue weighted by molar-refractivity contribution is 6.88. The van der Waals surface area contributed by atoms with Gasteiger partial charge in [-0.15, -0.1) is 0 Å². The molecule has 27 heavy (non-hydrogen) atoms. The molecular weight excluding hydrogens is 346 g/mol. The summed E-state index contributed by atoms with van der Waals surface area (Å²) < 4.78 is 0. The Labute approximate surface area is 162 Å². The van der Waals surface area contributed by atoms with Crippen molar-refractivity contribution < 1.29 is 4.79 Å². The Bertz CT molecular complexity index is 921. The zero-order valence-corrected chi connectivity index (χ0v) is 17.1. The Morgan fingerprint density at radius 1 is 0.815 bits per heavy atom. The van der Waals surface area contributed by atoms with E-state index in [0.717, 1.165) is 22.4 Å². The van der Waals surface area contributed by atoms with Crippen LogP contribution in [0.15, 0.2) is 78.9 Å². The van der Waals surface area contributed by atoms with E-state index in [1.807, 2.05) is 41.3 Å². The van der Waals surface area contributed by atoms with Gasteiger partial charge < -0.3 is 4.90 Å². The summed E-state index contributed by atoms with van der Waals surface area (Å²) in [5, 5.41) is 1.41. The lowest BCUT2D eigenvalue weighted by Crippen LogP contribution is -2.37. The number of fused-ring (bicyclic) bond motifs is 1. The van der Waals surface area contributed by atoms with Crippen LogP contribution in [0.2, 0.25) is 19.6 Å². The molecule has 0 spiro atoms. The highest BCUT2D eigenvalue weighted by Crippen LogP contribution is 2.39.